The minimum absolute atomic E-state index is 0.0258. The molecule has 3 rings (SSSR count). The third-order valence-electron chi connectivity index (χ3n) is 4.39. The number of carbonyl (C=O) groups excluding carboxylic acids is 1. The second kappa shape index (κ2) is 11.3. The van der Waals surface area contributed by atoms with Gasteiger partial charge >= 0.3 is 0 Å². The van der Waals surface area contributed by atoms with Crippen LogP contribution in [0.4, 0.5) is 11.4 Å². The third-order valence-corrected chi connectivity index (χ3v) is 5.79. The Labute approximate surface area is 192 Å². The van der Waals surface area contributed by atoms with Gasteiger partial charge in [-0.15, -0.1) is 0 Å². The number of ether oxygens (including phenoxy) is 3. The van der Waals surface area contributed by atoms with Gasteiger partial charge in [0.05, 0.1) is 18.1 Å². The average molecular weight is 472 g/mol. The van der Waals surface area contributed by atoms with Crippen LogP contribution >= 0.6 is 0 Å². The summed E-state index contributed by atoms with van der Waals surface area (Å²) < 4.78 is 43.7. The summed E-state index contributed by atoms with van der Waals surface area (Å²) in [6.07, 6.45) is 1.55. The molecule has 1 amide bonds. The van der Waals surface area contributed by atoms with Gasteiger partial charge in [0.1, 0.15) is 18.0 Å². The molecule has 0 saturated heterocycles. The molecule has 0 saturated carbocycles. The highest BCUT2D eigenvalue weighted by atomic mass is 32.2. The van der Waals surface area contributed by atoms with E-state index in [1.165, 1.54) is 24.3 Å². The van der Waals surface area contributed by atoms with Crippen molar-refractivity contribution in [3.8, 4) is 11.6 Å². The van der Waals surface area contributed by atoms with E-state index in [-0.39, 0.29) is 22.9 Å². The summed E-state index contributed by atoms with van der Waals surface area (Å²) in [4.78, 5) is 16.8. The lowest BCUT2D eigenvalue weighted by atomic mass is 10.2. The SMILES string of the molecule is CCOc1ccc(NS(=O)(=O)c2ccc(C(=O)Nc3cccnc3OCCOC)cc2)cc1. The number of benzene rings is 2. The number of rotatable bonds is 11. The number of anilines is 2. The molecule has 9 nitrogen and oxygen atoms in total. The van der Waals surface area contributed by atoms with Gasteiger partial charge < -0.3 is 19.5 Å². The van der Waals surface area contributed by atoms with Gasteiger partial charge in [0.25, 0.3) is 15.9 Å². The first kappa shape index (κ1) is 24.0. The molecule has 1 heterocycles. The minimum Gasteiger partial charge on any atom is -0.494 e. The number of carbonyl (C=O) groups is 1. The van der Waals surface area contributed by atoms with Crippen LogP contribution in [0.25, 0.3) is 0 Å². The summed E-state index contributed by atoms with van der Waals surface area (Å²) in [6, 6.07) is 15.5. The molecule has 0 spiro atoms. The Morgan fingerprint density at radius 2 is 1.70 bits per heavy atom. The maximum Gasteiger partial charge on any atom is 0.261 e. The molecule has 33 heavy (non-hydrogen) atoms. The van der Waals surface area contributed by atoms with Crippen LogP contribution in [0.1, 0.15) is 17.3 Å². The predicted molar refractivity (Wildman–Crippen MR) is 124 cm³/mol. The number of aromatic nitrogens is 1. The van der Waals surface area contributed by atoms with Crippen molar-refractivity contribution in [1.29, 1.82) is 0 Å². The average Bonchev–Trinajstić information content (AvgIpc) is 2.82. The van der Waals surface area contributed by atoms with Crippen molar-refractivity contribution in [2.45, 2.75) is 11.8 Å². The van der Waals surface area contributed by atoms with Crippen molar-refractivity contribution in [2.24, 2.45) is 0 Å². The van der Waals surface area contributed by atoms with Crippen molar-refractivity contribution in [1.82, 2.24) is 4.98 Å². The van der Waals surface area contributed by atoms with E-state index in [0.717, 1.165) is 0 Å². The molecule has 2 N–H and O–H groups in total. The summed E-state index contributed by atoms with van der Waals surface area (Å²) in [5.74, 6) is 0.487. The van der Waals surface area contributed by atoms with Crippen LogP contribution in [0.5, 0.6) is 11.6 Å². The molecule has 0 aliphatic rings. The molecular formula is C23H25N3O6S. The molecule has 0 bridgehead atoms. The summed E-state index contributed by atoms with van der Waals surface area (Å²) in [7, 11) is -2.27. The Kier molecular flexibility index (Phi) is 8.22. The van der Waals surface area contributed by atoms with E-state index >= 15 is 0 Å². The molecular weight excluding hydrogens is 446 g/mol. The standard InChI is InChI=1S/C23H25N3O6S/c1-3-31-19-10-8-18(9-11-19)26-33(28,29)20-12-6-17(7-13-20)22(27)25-21-5-4-14-24-23(21)32-16-15-30-2/h4-14,26H,3,15-16H2,1-2H3,(H,25,27). The maximum absolute atomic E-state index is 12.7. The summed E-state index contributed by atoms with van der Waals surface area (Å²) in [6.45, 7) is 3.05. The van der Waals surface area contributed by atoms with Crippen molar-refractivity contribution in [3.05, 3.63) is 72.4 Å². The van der Waals surface area contributed by atoms with Gasteiger partial charge in [0.2, 0.25) is 5.88 Å². The lowest BCUT2D eigenvalue weighted by Crippen LogP contribution is -2.16. The lowest BCUT2D eigenvalue weighted by Gasteiger charge is -2.12. The van der Waals surface area contributed by atoms with Crippen molar-refractivity contribution < 1.29 is 27.4 Å². The van der Waals surface area contributed by atoms with E-state index in [4.69, 9.17) is 14.2 Å². The van der Waals surface area contributed by atoms with Gasteiger partial charge in [-0.1, -0.05) is 0 Å². The van der Waals surface area contributed by atoms with Crippen molar-refractivity contribution in [2.75, 3.05) is 37.0 Å². The molecule has 0 radical (unpaired) electrons. The molecule has 0 fully saturated rings. The number of hydrogen-bond donors (Lipinski definition) is 2. The monoisotopic (exact) mass is 471 g/mol. The minimum atomic E-state index is -3.82. The van der Waals surface area contributed by atoms with E-state index in [1.54, 1.807) is 49.7 Å². The normalized spacial score (nSPS) is 11.0. The van der Waals surface area contributed by atoms with Crippen LogP contribution < -0.4 is 19.5 Å². The zero-order chi connectivity index (χ0) is 23.7. The number of hydrogen-bond acceptors (Lipinski definition) is 7. The highest BCUT2D eigenvalue weighted by Crippen LogP contribution is 2.23. The van der Waals surface area contributed by atoms with Gasteiger partial charge in [-0.25, -0.2) is 13.4 Å². The highest BCUT2D eigenvalue weighted by molar-refractivity contribution is 7.92. The van der Waals surface area contributed by atoms with E-state index in [1.807, 2.05) is 6.92 Å². The fraction of sp³-hybridized carbons (Fsp3) is 0.217. The van der Waals surface area contributed by atoms with E-state index < -0.39 is 15.9 Å². The van der Waals surface area contributed by atoms with Crippen LogP contribution in [0.15, 0.2) is 71.8 Å². The molecule has 0 aliphatic carbocycles. The largest absolute Gasteiger partial charge is 0.494 e. The molecule has 2 aromatic carbocycles. The quantitative estimate of drug-likeness (QED) is 0.411. The number of pyridine rings is 1. The molecule has 3 aromatic rings. The van der Waals surface area contributed by atoms with Gasteiger partial charge in [-0.05, 0) is 67.6 Å². The second-order valence-corrected chi connectivity index (χ2v) is 8.42. The zero-order valence-electron chi connectivity index (χ0n) is 18.3. The van der Waals surface area contributed by atoms with E-state index in [0.29, 0.717) is 30.3 Å². The summed E-state index contributed by atoms with van der Waals surface area (Å²) in [5.41, 5.74) is 1.08. The van der Waals surface area contributed by atoms with Gasteiger partial charge in [0.15, 0.2) is 0 Å². The Hall–Kier alpha value is -3.63. The number of nitrogens with one attached hydrogen (secondary N) is 2. The lowest BCUT2D eigenvalue weighted by molar-refractivity contribution is 0.102. The van der Waals surface area contributed by atoms with Crippen LogP contribution in [-0.4, -0.2) is 46.2 Å². The fourth-order valence-electron chi connectivity index (χ4n) is 2.80. The predicted octanol–water partition coefficient (Wildman–Crippen LogP) is 3.56. The Morgan fingerprint density at radius 3 is 2.36 bits per heavy atom. The Balaban J connectivity index is 1.67. The third kappa shape index (κ3) is 6.67. The van der Waals surface area contributed by atoms with Gasteiger partial charge in [-0.3, -0.25) is 9.52 Å². The fourth-order valence-corrected chi connectivity index (χ4v) is 3.86. The number of nitrogens with zero attached hydrogens (tertiary/aromatic N) is 1. The number of amides is 1. The van der Waals surface area contributed by atoms with Gasteiger partial charge in [-0.2, -0.15) is 0 Å². The van der Waals surface area contributed by atoms with E-state index in [9.17, 15) is 13.2 Å². The molecule has 174 valence electrons. The van der Waals surface area contributed by atoms with Crippen LogP contribution in [-0.2, 0) is 14.8 Å². The van der Waals surface area contributed by atoms with Crippen LogP contribution in [0, 0.1) is 0 Å². The second-order valence-electron chi connectivity index (χ2n) is 6.74. The zero-order valence-corrected chi connectivity index (χ0v) is 19.1. The van der Waals surface area contributed by atoms with Crippen molar-refractivity contribution in [3.63, 3.8) is 0 Å². The first-order valence-electron chi connectivity index (χ1n) is 10.2. The number of sulfonamides is 1. The first-order valence-corrected chi connectivity index (χ1v) is 11.6. The molecule has 10 heteroatoms. The Bertz CT molecular complexity index is 1170. The molecule has 0 unspecified atom stereocenters. The summed E-state index contributed by atoms with van der Waals surface area (Å²) in [5, 5.41) is 2.72. The maximum atomic E-state index is 12.7. The topological polar surface area (TPSA) is 116 Å². The van der Waals surface area contributed by atoms with Gasteiger partial charge in [0, 0.05) is 24.6 Å². The highest BCUT2D eigenvalue weighted by Gasteiger charge is 2.16. The molecule has 1 aromatic heterocycles. The van der Waals surface area contributed by atoms with E-state index in [2.05, 4.69) is 15.0 Å². The van der Waals surface area contributed by atoms with Crippen LogP contribution in [0.2, 0.25) is 0 Å². The number of methoxy groups -OCH3 is 1. The Morgan fingerprint density at radius 1 is 0.970 bits per heavy atom. The molecule has 0 aliphatic heterocycles. The molecule has 0 atom stereocenters. The van der Waals surface area contributed by atoms with Crippen molar-refractivity contribution >= 4 is 27.3 Å². The summed E-state index contributed by atoms with van der Waals surface area (Å²) >= 11 is 0. The first-order chi connectivity index (χ1) is 15.9. The van der Waals surface area contributed by atoms with Crippen LogP contribution in [0.3, 0.4) is 0 Å². The smallest absolute Gasteiger partial charge is 0.261 e.